The van der Waals surface area contributed by atoms with Crippen LogP contribution in [0.1, 0.15) is 50.5 Å². The molecule has 0 radical (unpaired) electrons. The molecule has 30 heavy (non-hydrogen) atoms. The molecule has 7 heteroatoms. The van der Waals surface area contributed by atoms with Crippen molar-refractivity contribution >= 4 is 34.9 Å². The molecule has 0 bridgehead atoms. The SMILES string of the molecule is COc1ccc(CNC(=S)[C@@H](CCC2CCCCC2)NC(=O)[C@H]2CSCCN2)cc1. The third-order valence-corrected chi connectivity index (χ3v) is 7.58. The first-order valence-corrected chi connectivity index (χ1v) is 12.7. The van der Waals surface area contributed by atoms with Crippen LogP contribution in [0.3, 0.4) is 0 Å². The molecular formula is C23H35N3O2S2. The summed E-state index contributed by atoms with van der Waals surface area (Å²) in [6.07, 6.45) is 8.70. The molecule has 0 unspecified atom stereocenters. The molecule has 1 aromatic carbocycles. The van der Waals surface area contributed by atoms with E-state index in [1.807, 2.05) is 36.0 Å². The van der Waals surface area contributed by atoms with E-state index >= 15 is 0 Å². The van der Waals surface area contributed by atoms with Gasteiger partial charge in [0.15, 0.2) is 0 Å². The summed E-state index contributed by atoms with van der Waals surface area (Å²) in [7, 11) is 1.67. The number of thioether (sulfide) groups is 1. The van der Waals surface area contributed by atoms with Crippen LogP contribution in [-0.4, -0.2) is 48.1 Å². The number of methoxy groups -OCH3 is 1. The number of ether oxygens (including phenoxy) is 1. The molecule has 5 nitrogen and oxygen atoms in total. The molecular weight excluding hydrogens is 414 g/mol. The van der Waals surface area contributed by atoms with Crippen LogP contribution < -0.4 is 20.7 Å². The number of nitrogens with one attached hydrogen (secondary N) is 3. The van der Waals surface area contributed by atoms with E-state index in [1.165, 1.54) is 32.1 Å². The van der Waals surface area contributed by atoms with Crippen molar-refractivity contribution in [3.8, 4) is 5.75 Å². The summed E-state index contributed by atoms with van der Waals surface area (Å²) in [5.41, 5.74) is 1.14. The highest BCUT2D eigenvalue weighted by molar-refractivity contribution is 7.99. The number of benzene rings is 1. The molecule has 166 valence electrons. The van der Waals surface area contributed by atoms with E-state index < -0.39 is 0 Å². The molecule has 0 spiro atoms. The fourth-order valence-electron chi connectivity index (χ4n) is 4.21. The quantitative estimate of drug-likeness (QED) is 0.500. The first-order chi connectivity index (χ1) is 14.7. The fourth-order valence-corrected chi connectivity index (χ4v) is 5.39. The maximum Gasteiger partial charge on any atom is 0.238 e. The van der Waals surface area contributed by atoms with Crippen molar-refractivity contribution in [2.24, 2.45) is 5.92 Å². The van der Waals surface area contributed by atoms with Crippen molar-refractivity contribution < 1.29 is 9.53 Å². The van der Waals surface area contributed by atoms with E-state index in [2.05, 4.69) is 16.0 Å². The second kappa shape index (κ2) is 12.5. The highest BCUT2D eigenvalue weighted by Gasteiger charge is 2.26. The molecule has 3 rings (SSSR count). The van der Waals surface area contributed by atoms with Crippen molar-refractivity contribution in [2.45, 2.75) is 63.6 Å². The Kier molecular flexibility index (Phi) is 9.75. The molecule has 2 fully saturated rings. The number of rotatable bonds is 9. The minimum atomic E-state index is -0.120. The average molecular weight is 450 g/mol. The van der Waals surface area contributed by atoms with E-state index in [-0.39, 0.29) is 18.0 Å². The molecule has 1 saturated heterocycles. The summed E-state index contributed by atoms with van der Waals surface area (Å²) in [5.74, 6) is 3.58. The Hall–Kier alpha value is -1.31. The van der Waals surface area contributed by atoms with E-state index in [0.29, 0.717) is 6.54 Å². The molecule has 1 aromatic rings. The number of hydrogen-bond donors (Lipinski definition) is 3. The van der Waals surface area contributed by atoms with E-state index in [4.69, 9.17) is 17.0 Å². The summed E-state index contributed by atoms with van der Waals surface area (Å²) in [5, 5.41) is 9.95. The largest absolute Gasteiger partial charge is 0.497 e. The zero-order valence-electron chi connectivity index (χ0n) is 18.0. The van der Waals surface area contributed by atoms with Crippen molar-refractivity contribution in [3.63, 3.8) is 0 Å². The number of amides is 1. The van der Waals surface area contributed by atoms with Crippen molar-refractivity contribution in [2.75, 3.05) is 25.2 Å². The summed E-state index contributed by atoms with van der Waals surface area (Å²) in [6.45, 7) is 1.53. The lowest BCUT2D eigenvalue weighted by atomic mass is 9.85. The molecule has 1 aliphatic carbocycles. The van der Waals surface area contributed by atoms with Gasteiger partial charge in [-0.25, -0.2) is 0 Å². The molecule has 0 aromatic heterocycles. The average Bonchev–Trinajstić information content (AvgIpc) is 2.81. The predicted molar refractivity (Wildman–Crippen MR) is 129 cm³/mol. The Morgan fingerprint density at radius 3 is 2.70 bits per heavy atom. The zero-order valence-corrected chi connectivity index (χ0v) is 19.6. The lowest BCUT2D eigenvalue weighted by molar-refractivity contribution is -0.123. The third-order valence-electron chi connectivity index (χ3n) is 6.09. The van der Waals surface area contributed by atoms with Gasteiger partial charge >= 0.3 is 0 Å². The molecule has 2 atom stereocenters. The van der Waals surface area contributed by atoms with Gasteiger partial charge in [-0.3, -0.25) is 4.79 Å². The first-order valence-electron chi connectivity index (χ1n) is 11.2. The van der Waals surface area contributed by atoms with Gasteiger partial charge in [-0.2, -0.15) is 11.8 Å². The number of hydrogen-bond acceptors (Lipinski definition) is 5. The van der Waals surface area contributed by atoms with E-state index in [9.17, 15) is 4.79 Å². The van der Waals surface area contributed by atoms with Crippen LogP contribution in [-0.2, 0) is 11.3 Å². The zero-order chi connectivity index (χ0) is 21.2. The second-order valence-corrected chi connectivity index (χ2v) is 9.88. The van der Waals surface area contributed by atoms with Gasteiger partial charge < -0.3 is 20.7 Å². The minimum absolute atomic E-state index is 0.0736. The van der Waals surface area contributed by atoms with Gasteiger partial charge in [-0.05, 0) is 36.5 Å². The van der Waals surface area contributed by atoms with E-state index in [0.717, 1.165) is 53.1 Å². The van der Waals surface area contributed by atoms with Gasteiger partial charge in [-0.15, -0.1) is 0 Å². The van der Waals surface area contributed by atoms with Crippen LogP contribution in [0.4, 0.5) is 0 Å². The molecule has 2 aliphatic rings. The topological polar surface area (TPSA) is 62.4 Å². The fraction of sp³-hybridized carbons (Fsp3) is 0.652. The Labute approximate surface area is 190 Å². The highest BCUT2D eigenvalue weighted by Crippen LogP contribution is 2.28. The van der Waals surface area contributed by atoms with Gasteiger partial charge in [0.05, 0.1) is 24.2 Å². The van der Waals surface area contributed by atoms with Gasteiger partial charge in [0.2, 0.25) is 5.91 Å². The van der Waals surface area contributed by atoms with Crippen LogP contribution in [0.2, 0.25) is 0 Å². The van der Waals surface area contributed by atoms with Crippen LogP contribution in [0.5, 0.6) is 5.75 Å². The van der Waals surface area contributed by atoms with Crippen molar-refractivity contribution in [1.82, 2.24) is 16.0 Å². The van der Waals surface area contributed by atoms with Crippen molar-refractivity contribution in [1.29, 1.82) is 0 Å². The number of carbonyl (C=O) groups excluding carboxylic acids is 1. The highest BCUT2D eigenvalue weighted by atomic mass is 32.2. The third kappa shape index (κ3) is 7.43. The lowest BCUT2D eigenvalue weighted by Crippen LogP contribution is -2.54. The smallest absolute Gasteiger partial charge is 0.238 e. The van der Waals surface area contributed by atoms with Gasteiger partial charge in [0, 0.05) is 24.6 Å². The van der Waals surface area contributed by atoms with Gasteiger partial charge in [0.1, 0.15) is 5.75 Å². The van der Waals surface area contributed by atoms with Gasteiger partial charge in [-0.1, -0.05) is 56.5 Å². The van der Waals surface area contributed by atoms with Crippen molar-refractivity contribution in [3.05, 3.63) is 29.8 Å². The van der Waals surface area contributed by atoms with Crippen LogP contribution >= 0.6 is 24.0 Å². The van der Waals surface area contributed by atoms with Crippen LogP contribution in [0.25, 0.3) is 0 Å². The molecule has 3 N–H and O–H groups in total. The molecule has 1 saturated carbocycles. The first kappa shape index (κ1) is 23.4. The molecule has 1 aliphatic heterocycles. The maximum absolute atomic E-state index is 12.8. The number of thiocarbonyl (C=S) groups is 1. The maximum atomic E-state index is 12.8. The summed E-state index contributed by atoms with van der Waals surface area (Å²) < 4.78 is 5.22. The Balaban J connectivity index is 1.55. The Morgan fingerprint density at radius 1 is 1.27 bits per heavy atom. The summed E-state index contributed by atoms with van der Waals surface area (Å²) in [4.78, 5) is 13.6. The second-order valence-electron chi connectivity index (χ2n) is 8.29. The van der Waals surface area contributed by atoms with Gasteiger partial charge in [0.25, 0.3) is 0 Å². The lowest BCUT2D eigenvalue weighted by Gasteiger charge is -2.28. The van der Waals surface area contributed by atoms with Crippen LogP contribution in [0, 0.1) is 5.92 Å². The summed E-state index contributed by atoms with van der Waals surface area (Å²) >= 11 is 7.57. The molecule has 1 amide bonds. The Morgan fingerprint density at radius 2 is 2.03 bits per heavy atom. The molecule has 1 heterocycles. The minimum Gasteiger partial charge on any atom is -0.497 e. The predicted octanol–water partition coefficient (Wildman–Crippen LogP) is 3.66. The standard InChI is InChI=1S/C23H35N3O2S2/c1-28-19-10-7-18(8-11-19)15-25-23(29)20(12-9-17-5-3-2-4-6-17)26-22(27)21-16-30-14-13-24-21/h7-8,10-11,17,20-21,24H,2-6,9,12-16H2,1H3,(H,25,29)(H,26,27)/t20-,21-/m1/s1. The van der Waals surface area contributed by atoms with Crippen LogP contribution in [0.15, 0.2) is 24.3 Å². The summed E-state index contributed by atoms with van der Waals surface area (Å²) in [6, 6.07) is 7.75. The Bertz CT molecular complexity index is 672. The monoisotopic (exact) mass is 449 g/mol. The normalized spacial score (nSPS) is 20.9. The number of carbonyl (C=O) groups is 1. The van der Waals surface area contributed by atoms with E-state index in [1.54, 1.807) is 7.11 Å².